The van der Waals surface area contributed by atoms with Gasteiger partial charge >= 0.3 is 0 Å². The highest BCUT2D eigenvalue weighted by molar-refractivity contribution is 6.42. The molecule has 0 saturated heterocycles. The summed E-state index contributed by atoms with van der Waals surface area (Å²) in [6, 6.07) is 15.9. The van der Waals surface area contributed by atoms with Crippen LogP contribution in [0.1, 0.15) is 30.4 Å². The molecule has 0 saturated carbocycles. The molecule has 0 radical (unpaired) electrons. The molecule has 2 aromatic carbocycles. The minimum atomic E-state index is -0.527. The van der Waals surface area contributed by atoms with Crippen LogP contribution >= 0.6 is 23.2 Å². The Hall–Kier alpha value is -1.06. The van der Waals surface area contributed by atoms with Crippen molar-refractivity contribution in [2.24, 2.45) is 0 Å². The van der Waals surface area contributed by atoms with Gasteiger partial charge in [0.2, 0.25) is 0 Å². The number of rotatable bonds is 7. The number of aliphatic hydroxyl groups is 1. The van der Waals surface area contributed by atoms with Crippen molar-refractivity contribution in [2.75, 3.05) is 6.54 Å². The Balaban J connectivity index is 1.76. The summed E-state index contributed by atoms with van der Waals surface area (Å²) in [6.45, 7) is 2.89. The number of hydrogen-bond acceptors (Lipinski definition) is 2. The average molecular weight is 338 g/mol. The van der Waals surface area contributed by atoms with Gasteiger partial charge in [0.25, 0.3) is 0 Å². The molecule has 2 N–H and O–H groups in total. The molecule has 2 rings (SSSR count). The maximum atomic E-state index is 10.1. The van der Waals surface area contributed by atoms with E-state index < -0.39 is 6.23 Å². The summed E-state index contributed by atoms with van der Waals surface area (Å²) in [5.74, 6) is 0.362. The molecule has 118 valence electrons. The van der Waals surface area contributed by atoms with Crippen molar-refractivity contribution in [3.05, 3.63) is 69.7 Å². The molecule has 2 nitrogen and oxygen atoms in total. The molecular formula is C18H21Cl2NO. The molecule has 2 atom stereocenters. The van der Waals surface area contributed by atoms with Gasteiger partial charge in [0.05, 0.1) is 10.0 Å². The molecule has 0 aliphatic heterocycles. The van der Waals surface area contributed by atoms with Gasteiger partial charge < -0.3 is 5.11 Å². The van der Waals surface area contributed by atoms with Crippen LogP contribution in [0.3, 0.4) is 0 Å². The van der Waals surface area contributed by atoms with Crippen LogP contribution in [0.2, 0.25) is 10.0 Å². The van der Waals surface area contributed by atoms with Crippen LogP contribution < -0.4 is 5.32 Å². The standard InChI is InChI=1S/C18H21Cl2NO/c1-13(15-5-3-2-4-6-15)12-21-18(22)10-8-14-7-9-16(19)17(20)11-14/h2-7,9,11,13,18,21-22H,8,10,12H2,1H3. The zero-order chi connectivity index (χ0) is 15.9. The van der Waals surface area contributed by atoms with Crippen LogP contribution in [0.25, 0.3) is 0 Å². The summed E-state index contributed by atoms with van der Waals surface area (Å²) in [5.41, 5.74) is 2.35. The first-order chi connectivity index (χ1) is 10.6. The highest BCUT2D eigenvalue weighted by Gasteiger charge is 2.09. The third-order valence-electron chi connectivity index (χ3n) is 3.72. The van der Waals surface area contributed by atoms with Crippen LogP contribution in [-0.4, -0.2) is 17.9 Å². The predicted octanol–water partition coefficient (Wildman–Crippen LogP) is 4.64. The summed E-state index contributed by atoms with van der Waals surface area (Å²) in [4.78, 5) is 0. The summed E-state index contributed by atoms with van der Waals surface area (Å²) < 4.78 is 0. The van der Waals surface area contributed by atoms with E-state index in [-0.39, 0.29) is 0 Å². The number of halogens is 2. The Bertz CT molecular complexity index is 589. The van der Waals surface area contributed by atoms with Crippen LogP contribution in [-0.2, 0) is 6.42 Å². The molecule has 2 unspecified atom stereocenters. The molecule has 22 heavy (non-hydrogen) atoms. The number of aliphatic hydroxyl groups excluding tert-OH is 1. The normalized spacial score (nSPS) is 13.8. The van der Waals surface area contributed by atoms with E-state index in [4.69, 9.17) is 23.2 Å². The number of benzene rings is 2. The highest BCUT2D eigenvalue weighted by Crippen LogP contribution is 2.23. The van der Waals surface area contributed by atoms with E-state index in [0.29, 0.717) is 22.4 Å². The van der Waals surface area contributed by atoms with E-state index in [0.717, 1.165) is 18.5 Å². The lowest BCUT2D eigenvalue weighted by Crippen LogP contribution is -2.32. The molecule has 0 aromatic heterocycles. The molecule has 0 amide bonds. The van der Waals surface area contributed by atoms with Crippen LogP contribution in [0.15, 0.2) is 48.5 Å². The quantitative estimate of drug-likeness (QED) is 0.721. The van der Waals surface area contributed by atoms with Crippen molar-refractivity contribution in [3.8, 4) is 0 Å². The van der Waals surface area contributed by atoms with Gasteiger partial charge in [0, 0.05) is 6.54 Å². The minimum Gasteiger partial charge on any atom is -0.379 e. The maximum absolute atomic E-state index is 10.1. The van der Waals surface area contributed by atoms with Crippen LogP contribution in [0.5, 0.6) is 0 Å². The Morgan fingerprint density at radius 1 is 1.05 bits per heavy atom. The lowest BCUT2D eigenvalue weighted by atomic mass is 10.0. The summed E-state index contributed by atoms with van der Waals surface area (Å²) in [5, 5.41) is 14.3. The lowest BCUT2D eigenvalue weighted by molar-refractivity contribution is 0.126. The van der Waals surface area contributed by atoms with Gasteiger partial charge in [-0.25, -0.2) is 0 Å². The first-order valence-electron chi connectivity index (χ1n) is 7.46. The second kappa shape index (κ2) is 8.54. The molecule has 0 bridgehead atoms. The Morgan fingerprint density at radius 3 is 2.45 bits per heavy atom. The Labute approximate surface area is 142 Å². The molecule has 2 aromatic rings. The number of nitrogens with one attached hydrogen (secondary N) is 1. The van der Waals surface area contributed by atoms with E-state index in [1.165, 1.54) is 5.56 Å². The fourth-order valence-corrected chi connectivity index (χ4v) is 2.63. The zero-order valence-electron chi connectivity index (χ0n) is 12.6. The lowest BCUT2D eigenvalue weighted by Gasteiger charge is -2.17. The molecule has 0 heterocycles. The van der Waals surface area contributed by atoms with Gasteiger partial charge in [-0.3, -0.25) is 5.32 Å². The molecule has 0 aliphatic carbocycles. The molecule has 4 heteroatoms. The first-order valence-corrected chi connectivity index (χ1v) is 8.22. The summed E-state index contributed by atoms with van der Waals surface area (Å²) >= 11 is 11.9. The first kappa shape index (κ1) is 17.3. The second-order valence-corrected chi connectivity index (χ2v) is 6.34. The van der Waals surface area contributed by atoms with E-state index >= 15 is 0 Å². The topological polar surface area (TPSA) is 32.3 Å². The van der Waals surface area contributed by atoms with Gasteiger partial charge in [-0.2, -0.15) is 0 Å². The van der Waals surface area contributed by atoms with Crippen molar-refractivity contribution in [2.45, 2.75) is 31.9 Å². The third kappa shape index (κ3) is 5.29. The number of hydrogen-bond donors (Lipinski definition) is 2. The SMILES string of the molecule is CC(CNC(O)CCc1ccc(Cl)c(Cl)c1)c1ccccc1. The van der Waals surface area contributed by atoms with Gasteiger partial charge in [-0.15, -0.1) is 0 Å². The Kier molecular flexibility index (Phi) is 6.71. The van der Waals surface area contributed by atoms with Gasteiger partial charge in [0.15, 0.2) is 0 Å². The smallest absolute Gasteiger partial charge is 0.105 e. The fourth-order valence-electron chi connectivity index (χ4n) is 2.31. The monoisotopic (exact) mass is 337 g/mol. The largest absolute Gasteiger partial charge is 0.379 e. The van der Waals surface area contributed by atoms with Crippen molar-refractivity contribution in [1.82, 2.24) is 5.32 Å². The van der Waals surface area contributed by atoms with Crippen LogP contribution in [0, 0.1) is 0 Å². The van der Waals surface area contributed by atoms with E-state index in [1.807, 2.05) is 30.3 Å². The van der Waals surface area contributed by atoms with Gasteiger partial charge in [0.1, 0.15) is 6.23 Å². The van der Waals surface area contributed by atoms with E-state index in [9.17, 15) is 5.11 Å². The van der Waals surface area contributed by atoms with Gasteiger partial charge in [-0.05, 0) is 42.0 Å². The third-order valence-corrected chi connectivity index (χ3v) is 4.46. The summed E-state index contributed by atoms with van der Waals surface area (Å²) in [7, 11) is 0. The average Bonchev–Trinajstić information content (AvgIpc) is 2.54. The highest BCUT2D eigenvalue weighted by atomic mass is 35.5. The Morgan fingerprint density at radius 2 is 1.77 bits per heavy atom. The molecule has 0 aliphatic rings. The number of aryl methyl sites for hydroxylation is 1. The molecular weight excluding hydrogens is 317 g/mol. The second-order valence-electron chi connectivity index (χ2n) is 5.52. The predicted molar refractivity (Wildman–Crippen MR) is 93.6 cm³/mol. The van der Waals surface area contributed by atoms with Crippen molar-refractivity contribution in [3.63, 3.8) is 0 Å². The maximum Gasteiger partial charge on any atom is 0.105 e. The fraction of sp³-hybridized carbons (Fsp3) is 0.333. The zero-order valence-corrected chi connectivity index (χ0v) is 14.1. The molecule has 0 spiro atoms. The van der Waals surface area contributed by atoms with Crippen molar-refractivity contribution in [1.29, 1.82) is 0 Å². The van der Waals surface area contributed by atoms with Crippen molar-refractivity contribution >= 4 is 23.2 Å². The van der Waals surface area contributed by atoms with Crippen LogP contribution in [0.4, 0.5) is 0 Å². The van der Waals surface area contributed by atoms with Crippen molar-refractivity contribution < 1.29 is 5.11 Å². The van der Waals surface area contributed by atoms with E-state index in [1.54, 1.807) is 6.07 Å². The summed E-state index contributed by atoms with van der Waals surface area (Å²) in [6.07, 6.45) is 0.866. The molecule has 0 fully saturated rings. The minimum absolute atomic E-state index is 0.362. The van der Waals surface area contributed by atoms with Gasteiger partial charge in [-0.1, -0.05) is 66.5 Å². The van der Waals surface area contributed by atoms with E-state index in [2.05, 4.69) is 24.4 Å².